The Balaban J connectivity index is 1.08. The van der Waals surface area contributed by atoms with E-state index in [0.29, 0.717) is 0 Å². The van der Waals surface area contributed by atoms with Gasteiger partial charge in [-0.2, -0.15) is 0 Å². The first kappa shape index (κ1) is 61.7. The molecule has 0 aromatic carbocycles. The standard InChI is InChI=1S/C42H70O35/c43-1-8-29-15(50)22(57)36(64-8)72-30-9(2-44)66-38(24(59)17(30)52)74-32-11(4-46)68-40(26(61)19(32)54)76-34-13(6-48)70-42(28(63)21(34)56)77-35-14(7-49)69-41(27(62)20(35)55)75-33-12(5-47)67-39(25(60)18(33)53)73-31-10(3-45)65-37(71-29)23(58)16(31)51/h8-63H,1-7H2/t8?,9?,10?,11?,12?,13?,14?,15-,16?,17?,18?,19?,20-,21?,22?,23-,24-,25-,26-,27?,28-,29+,30+,31+,32+,33+,34+,35+,36+,37+,38+,39+,40+,41+,42+/m1/s1. The molecule has 0 spiro atoms. The number of hydrogen-bond donors (Lipinski definition) is 21. The van der Waals surface area contributed by atoms with E-state index in [1.165, 1.54) is 0 Å². The molecule has 448 valence electrons. The zero-order chi connectivity index (χ0) is 56.1. The molecular formula is C42H70O35. The van der Waals surface area contributed by atoms with Crippen LogP contribution < -0.4 is 0 Å². The average molecular weight is 1130 g/mol. The lowest BCUT2D eigenvalue weighted by molar-refractivity contribution is -0.396. The largest absolute Gasteiger partial charge is 0.394 e. The maximum atomic E-state index is 11.3. The van der Waals surface area contributed by atoms with Gasteiger partial charge in [0.25, 0.3) is 0 Å². The van der Waals surface area contributed by atoms with Crippen molar-refractivity contribution >= 4 is 0 Å². The molecule has 21 heterocycles. The van der Waals surface area contributed by atoms with E-state index >= 15 is 0 Å². The second-order valence-corrected chi connectivity index (χ2v) is 19.7. The Morgan fingerprint density at radius 1 is 0.156 bits per heavy atom. The minimum absolute atomic E-state index is 1.05. The Bertz CT molecular complexity index is 1470. The van der Waals surface area contributed by atoms with E-state index in [1.54, 1.807) is 0 Å². The summed E-state index contributed by atoms with van der Waals surface area (Å²) in [7, 11) is 0. The molecule has 0 aromatic rings. The van der Waals surface area contributed by atoms with Crippen LogP contribution in [-0.2, 0) is 66.3 Å². The van der Waals surface area contributed by atoms with Gasteiger partial charge in [0.2, 0.25) is 0 Å². The summed E-state index contributed by atoms with van der Waals surface area (Å²) in [5.74, 6) is 0. The molecule has 21 aliphatic rings. The molecule has 14 bridgehead atoms. The molecule has 21 fully saturated rings. The fraction of sp³-hybridized carbons (Fsp3) is 1.00. The van der Waals surface area contributed by atoms with Crippen molar-refractivity contribution in [2.75, 3.05) is 46.2 Å². The second kappa shape index (κ2) is 26.0. The molecule has 0 saturated carbocycles. The third kappa shape index (κ3) is 12.1. The lowest BCUT2D eigenvalue weighted by Crippen LogP contribution is -2.68. The van der Waals surface area contributed by atoms with Gasteiger partial charge < -0.3 is 174 Å². The SMILES string of the molecule is OCC1O[C@H]2O[C@H]3C(CO)O[C@@H](O[C@H]4C(CO)O[C@@H](O[C@H]5C(CO)O[C@@H](O[C@H]6C(CO)O[C@@H](O[C@H]7C(CO)O[C@@H](O[C@H]8C(CO)O[C@@H](O[C@@H]1C(O)[C@H]2O)C(O)[C@H]8O)[C@H](O)C7O)[C@H](O)C6O)C(O)[C@H]5O)[C@H](O)C4O)[C@H](O)C3O. The summed E-state index contributed by atoms with van der Waals surface area (Å²) in [4.78, 5) is 0. The Hall–Kier alpha value is -1.40. The highest BCUT2D eigenvalue weighted by atomic mass is 16.8. The van der Waals surface area contributed by atoms with Crippen molar-refractivity contribution in [3.05, 3.63) is 0 Å². The summed E-state index contributed by atoms with van der Waals surface area (Å²) >= 11 is 0. The Kier molecular flexibility index (Phi) is 20.8. The van der Waals surface area contributed by atoms with Crippen molar-refractivity contribution in [3.63, 3.8) is 0 Å². The van der Waals surface area contributed by atoms with E-state index in [4.69, 9.17) is 66.3 Å². The lowest BCUT2D eigenvalue weighted by Gasteiger charge is -2.50. The van der Waals surface area contributed by atoms with Crippen molar-refractivity contribution in [3.8, 4) is 0 Å². The van der Waals surface area contributed by atoms with Crippen LogP contribution in [0.2, 0.25) is 0 Å². The van der Waals surface area contributed by atoms with Gasteiger partial charge in [-0.3, -0.25) is 0 Å². The minimum atomic E-state index is -2.21. The van der Waals surface area contributed by atoms with Gasteiger partial charge in [-0.15, -0.1) is 0 Å². The van der Waals surface area contributed by atoms with E-state index in [0.717, 1.165) is 0 Å². The van der Waals surface area contributed by atoms with Crippen molar-refractivity contribution in [1.29, 1.82) is 0 Å². The van der Waals surface area contributed by atoms with Crippen LogP contribution in [0.4, 0.5) is 0 Å². The molecule has 77 heavy (non-hydrogen) atoms. The molecule has 21 rings (SSSR count). The molecule has 0 aliphatic carbocycles. The minimum Gasteiger partial charge on any atom is -0.394 e. The van der Waals surface area contributed by atoms with Crippen LogP contribution in [0.5, 0.6) is 0 Å². The maximum absolute atomic E-state index is 11.3. The number of aliphatic hydroxyl groups is 21. The van der Waals surface area contributed by atoms with Crippen LogP contribution in [-0.4, -0.2) is 368 Å². The second-order valence-electron chi connectivity index (χ2n) is 19.7. The Morgan fingerprint density at radius 3 is 0.351 bits per heavy atom. The summed E-state index contributed by atoms with van der Waals surface area (Å²) in [6, 6.07) is 0. The molecule has 0 aromatic heterocycles. The van der Waals surface area contributed by atoms with Crippen LogP contribution in [0, 0.1) is 0 Å². The highest BCUT2D eigenvalue weighted by Crippen LogP contribution is 2.39. The molecule has 35 nitrogen and oxygen atoms in total. The van der Waals surface area contributed by atoms with Crippen molar-refractivity contribution in [2.24, 2.45) is 0 Å². The van der Waals surface area contributed by atoms with Crippen LogP contribution in [0.25, 0.3) is 0 Å². The molecule has 0 radical (unpaired) electrons. The molecule has 21 aliphatic heterocycles. The van der Waals surface area contributed by atoms with Crippen molar-refractivity contribution in [1.82, 2.24) is 0 Å². The molecule has 21 N–H and O–H groups in total. The average Bonchev–Trinajstić information content (AvgIpc) is 3.47. The molecule has 21 saturated heterocycles. The highest BCUT2D eigenvalue weighted by Gasteiger charge is 2.59. The summed E-state index contributed by atoms with van der Waals surface area (Å²) in [5.41, 5.74) is 0. The first-order chi connectivity index (χ1) is 36.7. The van der Waals surface area contributed by atoms with Gasteiger partial charge in [0.15, 0.2) is 44.0 Å². The van der Waals surface area contributed by atoms with E-state index < -0.39 is 261 Å². The van der Waals surface area contributed by atoms with Crippen LogP contribution in [0.1, 0.15) is 0 Å². The molecule has 0 amide bonds. The normalized spacial score (nSPS) is 55.4. The molecule has 14 unspecified atom stereocenters. The number of rotatable bonds is 7. The number of hydrogen-bond acceptors (Lipinski definition) is 35. The number of aliphatic hydroxyl groups excluding tert-OH is 21. The molecule has 35 heteroatoms. The molecular weight excluding hydrogens is 1060 g/mol. The van der Waals surface area contributed by atoms with E-state index in [1.807, 2.05) is 0 Å². The quantitative estimate of drug-likeness (QED) is 0.113. The van der Waals surface area contributed by atoms with Gasteiger partial charge in [-0.1, -0.05) is 0 Å². The summed E-state index contributed by atoms with van der Waals surface area (Å²) in [6.07, 6.45) is -70.2. The summed E-state index contributed by atoms with van der Waals surface area (Å²) < 4.78 is 79.5. The zero-order valence-electron chi connectivity index (χ0n) is 40.3. The number of ether oxygens (including phenoxy) is 14. The third-order valence-corrected chi connectivity index (χ3v) is 14.8. The first-order valence-corrected chi connectivity index (χ1v) is 24.6. The van der Waals surface area contributed by atoms with Gasteiger partial charge in [0.05, 0.1) is 46.2 Å². The summed E-state index contributed by atoms with van der Waals surface area (Å²) in [6.45, 7) is -7.33. The predicted molar refractivity (Wildman–Crippen MR) is 228 cm³/mol. The fourth-order valence-corrected chi connectivity index (χ4v) is 10.4. The third-order valence-electron chi connectivity index (χ3n) is 14.8. The fourth-order valence-electron chi connectivity index (χ4n) is 10.4. The molecule has 35 atom stereocenters. The van der Waals surface area contributed by atoms with E-state index in [9.17, 15) is 107 Å². The highest BCUT2D eigenvalue weighted by molar-refractivity contribution is 5.01. The lowest BCUT2D eigenvalue weighted by atomic mass is 9.95. The van der Waals surface area contributed by atoms with E-state index in [-0.39, 0.29) is 0 Å². The van der Waals surface area contributed by atoms with Gasteiger partial charge in [0.1, 0.15) is 171 Å². The first-order valence-electron chi connectivity index (χ1n) is 24.6. The Labute approximate surface area is 434 Å². The topological polar surface area (TPSA) is 554 Å². The smallest absolute Gasteiger partial charge is 0.187 e. The van der Waals surface area contributed by atoms with Crippen molar-refractivity contribution in [2.45, 2.75) is 215 Å². The van der Waals surface area contributed by atoms with Crippen LogP contribution in [0.3, 0.4) is 0 Å². The van der Waals surface area contributed by atoms with Crippen LogP contribution in [0.15, 0.2) is 0 Å². The van der Waals surface area contributed by atoms with Crippen LogP contribution >= 0.6 is 0 Å². The van der Waals surface area contributed by atoms with Crippen molar-refractivity contribution < 1.29 is 174 Å². The van der Waals surface area contributed by atoms with E-state index in [2.05, 4.69) is 0 Å². The maximum Gasteiger partial charge on any atom is 0.187 e. The Morgan fingerprint density at radius 2 is 0.260 bits per heavy atom. The monoisotopic (exact) mass is 1130 g/mol. The van der Waals surface area contributed by atoms with Gasteiger partial charge in [-0.25, -0.2) is 0 Å². The van der Waals surface area contributed by atoms with Gasteiger partial charge in [-0.05, 0) is 0 Å². The predicted octanol–water partition coefficient (Wildman–Crippen LogP) is -15.2. The van der Waals surface area contributed by atoms with Gasteiger partial charge >= 0.3 is 0 Å². The summed E-state index contributed by atoms with van der Waals surface area (Å²) in [5, 5.41) is 230. The van der Waals surface area contributed by atoms with Gasteiger partial charge in [0, 0.05) is 0 Å². The zero-order valence-corrected chi connectivity index (χ0v) is 40.3.